The molecule has 1 aromatic carbocycles. The Hall–Kier alpha value is -2.30. The van der Waals surface area contributed by atoms with Gasteiger partial charge in [-0.05, 0) is 30.5 Å². The predicted molar refractivity (Wildman–Crippen MR) is 130 cm³/mol. The van der Waals surface area contributed by atoms with Gasteiger partial charge in [0, 0.05) is 38.9 Å². The number of nitrogens with zero attached hydrogens (tertiary/aromatic N) is 4. The van der Waals surface area contributed by atoms with Crippen molar-refractivity contribution < 1.29 is 9.53 Å². The molecule has 166 valence electrons. The minimum atomic E-state index is -0.499. The number of aryl methyl sites for hydroxylation is 1. The summed E-state index contributed by atoms with van der Waals surface area (Å²) in [5.41, 5.74) is 8.42. The molecule has 0 saturated carbocycles. The van der Waals surface area contributed by atoms with E-state index >= 15 is 0 Å². The molecule has 0 radical (unpaired) electrons. The highest BCUT2D eigenvalue weighted by Crippen LogP contribution is 2.19. The summed E-state index contributed by atoms with van der Waals surface area (Å²) < 4.78 is 7.23. The van der Waals surface area contributed by atoms with Crippen LogP contribution >= 0.6 is 24.0 Å². The van der Waals surface area contributed by atoms with E-state index < -0.39 is 5.91 Å². The van der Waals surface area contributed by atoms with Gasteiger partial charge in [0.2, 0.25) is 0 Å². The number of nitrogens with one attached hydrogen (secondary N) is 1. The van der Waals surface area contributed by atoms with Crippen LogP contribution < -0.4 is 15.8 Å². The van der Waals surface area contributed by atoms with Crippen molar-refractivity contribution in [3.05, 3.63) is 47.3 Å². The molecule has 0 bridgehead atoms. The van der Waals surface area contributed by atoms with E-state index in [0.29, 0.717) is 18.2 Å². The highest BCUT2D eigenvalue weighted by Gasteiger charge is 2.15. The molecule has 9 heteroatoms. The molecule has 1 amide bonds. The van der Waals surface area contributed by atoms with Crippen molar-refractivity contribution in [1.82, 2.24) is 20.0 Å². The summed E-state index contributed by atoms with van der Waals surface area (Å²) in [6.07, 6.45) is 2.06. The van der Waals surface area contributed by atoms with Crippen LogP contribution in [0.4, 0.5) is 0 Å². The first-order valence-electron chi connectivity index (χ1n) is 9.82. The van der Waals surface area contributed by atoms with Gasteiger partial charge in [-0.15, -0.1) is 24.0 Å². The number of carbonyl (C=O) groups is 1. The molecule has 1 heterocycles. The second kappa shape index (κ2) is 12.4. The van der Waals surface area contributed by atoms with Crippen molar-refractivity contribution in [2.45, 2.75) is 39.8 Å². The fourth-order valence-corrected chi connectivity index (χ4v) is 3.02. The molecule has 2 aromatic rings. The molecular weight excluding hydrogens is 495 g/mol. The van der Waals surface area contributed by atoms with Gasteiger partial charge in [0.15, 0.2) is 12.6 Å². The monoisotopic (exact) mass is 528 g/mol. The van der Waals surface area contributed by atoms with E-state index in [4.69, 9.17) is 15.5 Å². The fraction of sp³-hybridized carbons (Fsp3) is 0.476. The van der Waals surface area contributed by atoms with Crippen LogP contribution in [0, 0.1) is 0 Å². The topological polar surface area (TPSA) is 97.8 Å². The highest BCUT2D eigenvalue weighted by molar-refractivity contribution is 14.0. The zero-order chi connectivity index (χ0) is 21.4. The Kier molecular flexibility index (Phi) is 10.6. The lowest BCUT2D eigenvalue weighted by Crippen LogP contribution is -2.38. The fourth-order valence-electron chi connectivity index (χ4n) is 3.02. The first-order chi connectivity index (χ1) is 13.8. The van der Waals surface area contributed by atoms with Crippen molar-refractivity contribution in [2.24, 2.45) is 17.8 Å². The SMILES string of the molecule is CCNC(=NCc1cccc(OCC(N)=O)c1)N(C)Cc1cn(C)nc1C(C)C.I. The lowest BCUT2D eigenvalue weighted by molar-refractivity contribution is -0.119. The molecule has 0 aliphatic carbocycles. The molecule has 0 aliphatic rings. The van der Waals surface area contributed by atoms with Crippen molar-refractivity contribution >= 4 is 35.8 Å². The first kappa shape index (κ1) is 25.7. The maximum absolute atomic E-state index is 10.9. The van der Waals surface area contributed by atoms with Crippen molar-refractivity contribution in [2.75, 3.05) is 20.2 Å². The standard InChI is InChI=1S/C21H32N6O2.HI/c1-6-23-21(26(4)12-17-13-27(5)25-20(17)15(2)3)24-11-16-8-7-9-18(10-16)29-14-19(22)28;/h7-10,13,15H,6,11-12,14H2,1-5H3,(H2,22,28)(H,23,24);1H. The molecule has 0 fully saturated rings. The number of benzene rings is 1. The number of hydrogen-bond acceptors (Lipinski definition) is 4. The molecule has 0 atom stereocenters. The molecule has 0 saturated heterocycles. The summed E-state index contributed by atoms with van der Waals surface area (Å²) in [5, 5.41) is 7.92. The lowest BCUT2D eigenvalue weighted by atomic mass is 10.1. The Morgan fingerprint density at radius 1 is 1.40 bits per heavy atom. The summed E-state index contributed by atoms with van der Waals surface area (Å²) >= 11 is 0. The summed E-state index contributed by atoms with van der Waals surface area (Å²) in [7, 11) is 3.97. The largest absolute Gasteiger partial charge is 0.484 e. The molecule has 1 aromatic heterocycles. The number of halogens is 1. The van der Waals surface area contributed by atoms with Gasteiger partial charge >= 0.3 is 0 Å². The van der Waals surface area contributed by atoms with Crippen LogP contribution in [-0.4, -0.2) is 46.7 Å². The Morgan fingerprint density at radius 3 is 2.77 bits per heavy atom. The van der Waals surface area contributed by atoms with E-state index in [1.165, 1.54) is 5.56 Å². The zero-order valence-corrected chi connectivity index (χ0v) is 20.7. The molecular formula is C21H33IN6O2. The summed E-state index contributed by atoms with van der Waals surface area (Å²) in [6.45, 7) is 8.19. The van der Waals surface area contributed by atoms with Gasteiger partial charge < -0.3 is 20.7 Å². The van der Waals surface area contributed by atoms with Gasteiger partial charge in [-0.3, -0.25) is 9.48 Å². The van der Waals surface area contributed by atoms with Crippen molar-refractivity contribution in [3.8, 4) is 5.75 Å². The number of rotatable bonds is 9. The van der Waals surface area contributed by atoms with Gasteiger partial charge in [-0.2, -0.15) is 5.10 Å². The third-order valence-electron chi connectivity index (χ3n) is 4.28. The number of primary amides is 1. The third-order valence-corrected chi connectivity index (χ3v) is 4.28. The minimum absolute atomic E-state index is 0. The maximum Gasteiger partial charge on any atom is 0.255 e. The minimum Gasteiger partial charge on any atom is -0.484 e. The Balaban J connectivity index is 0.00000450. The third kappa shape index (κ3) is 7.85. The zero-order valence-electron chi connectivity index (χ0n) is 18.4. The van der Waals surface area contributed by atoms with Gasteiger partial charge in [-0.1, -0.05) is 26.0 Å². The Morgan fingerprint density at radius 2 is 2.13 bits per heavy atom. The van der Waals surface area contributed by atoms with Crippen molar-refractivity contribution in [3.63, 3.8) is 0 Å². The quantitative estimate of drug-likeness (QED) is 0.296. The predicted octanol–water partition coefficient (Wildman–Crippen LogP) is 2.62. The Bertz CT molecular complexity index is 850. The maximum atomic E-state index is 10.9. The van der Waals surface area contributed by atoms with Crippen LogP contribution in [0.25, 0.3) is 0 Å². The molecule has 0 spiro atoms. The number of hydrogen-bond donors (Lipinski definition) is 2. The number of amides is 1. The number of ether oxygens (including phenoxy) is 1. The number of carbonyl (C=O) groups excluding carboxylic acids is 1. The summed E-state index contributed by atoms with van der Waals surface area (Å²) in [6, 6.07) is 7.52. The van der Waals surface area contributed by atoms with E-state index in [2.05, 4.69) is 35.4 Å². The van der Waals surface area contributed by atoms with E-state index in [1.54, 1.807) is 6.07 Å². The van der Waals surface area contributed by atoms with Gasteiger partial charge in [-0.25, -0.2) is 4.99 Å². The average molecular weight is 528 g/mol. The lowest BCUT2D eigenvalue weighted by Gasteiger charge is -2.22. The van der Waals surface area contributed by atoms with Crippen LogP contribution in [0.1, 0.15) is 43.5 Å². The summed E-state index contributed by atoms with van der Waals surface area (Å²) in [5.74, 6) is 1.28. The average Bonchev–Trinajstić information content (AvgIpc) is 3.04. The highest BCUT2D eigenvalue weighted by atomic mass is 127. The van der Waals surface area contributed by atoms with Crippen LogP contribution in [-0.2, 0) is 24.9 Å². The van der Waals surface area contributed by atoms with Crippen LogP contribution in [0.3, 0.4) is 0 Å². The van der Waals surface area contributed by atoms with Crippen LogP contribution in [0.5, 0.6) is 5.75 Å². The summed E-state index contributed by atoms with van der Waals surface area (Å²) in [4.78, 5) is 17.7. The van der Waals surface area contributed by atoms with Gasteiger partial charge in [0.1, 0.15) is 5.75 Å². The smallest absolute Gasteiger partial charge is 0.255 e. The number of nitrogens with two attached hydrogens (primary N) is 1. The second-order valence-electron chi connectivity index (χ2n) is 7.30. The molecule has 3 N–H and O–H groups in total. The molecule has 2 rings (SSSR count). The van der Waals surface area contributed by atoms with Gasteiger partial charge in [0.25, 0.3) is 5.91 Å². The first-order valence-corrected chi connectivity index (χ1v) is 9.82. The molecule has 30 heavy (non-hydrogen) atoms. The molecule has 0 aliphatic heterocycles. The van der Waals surface area contributed by atoms with E-state index in [-0.39, 0.29) is 30.6 Å². The van der Waals surface area contributed by atoms with Crippen LogP contribution in [0.15, 0.2) is 35.5 Å². The molecule has 0 unspecified atom stereocenters. The number of aliphatic imine (C=N–C) groups is 1. The van der Waals surface area contributed by atoms with Gasteiger partial charge in [0.05, 0.1) is 12.2 Å². The Labute approximate surface area is 195 Å². The second-order valence-corrected chi connectivity index (χ2v) is 7.30. The normalized spacial score (nSPS) is 11.2. The van der Waals surface area contributed by atoms with E-state index in [0.717, 1.165) is 30.3 Å². The molecule has 8 nitrogen and oxygen atoms in total. The van der Waals surface area contributed by atoms with E-state index in [1.807, 2.05) is 43.9 Å². The number of aromatic nitrogens is 2. The van der Waals surface area contributed by atoms with Crippen molar-refractivity contribution in [1.29, 1.82) is 0 Å². The van der Waals surface area contributed by atoms with Crippen LogP contribution in [0.2, 0.25) is 0 Å². The number of guanidine groups is 1. The van der Waals surface area contributed by atoms with E-state index in [9.17, 15) is 4.79 Å².